The smallest absolute Gasteiger partial charge is 0.415 e. The summed E-state index contributed by atoms with van der Waals surface area (Å²) in [6.07, 6.45) is -0.633. The highest BCUT2D eigenvalue weighted by atomic mass is 79.9. The van der Waals surface area contributed by atoms with Crippen molar-refractivity contribution in [2.75, 3.05) is 32.9 Å². The maximum Gasteiger partial charge on any atom is 0.415 e. The molecule has 0 heterocycles. The molecule has 1 amide bonds. The molecule has 0 fully saturated rings. The predicted octanol–water partition coefficient (Wildman–Crippen LogP) is 7.14. The van der Waals surface area contributed by atoms with Crippen LogP contribution in [0.3, 0.4) is 0 Å². The summed E-state index contributed by atoms with van der Waals surface area (Å²) < 4.78 is 23.3. The van der Waals surface area contributed by atoms with Crippen LogP contribution < -0.4 is 14.2 Å². The fourth-order valence-corrected chi connectivity index (χ4v) is 4.42. The van der Waals surface area contributed by atoms with E-state index in [2.05, 4.69) is 15.9 Å². The lowest BCUT2D eigenvalue weighted by molar-refractivity contribution is -0.149. The Morgan fingerprint density at radius 2 is 1.50 bits per heavy atom. The van der Waals surface area contributed by atoms with Crippen LogP contribution in [-0.2, 0) is 16.0 Å². The number of carbonyl (C=O) groups excluding carboxylic acids is 1. The van der Waals surface area contributed by atoms with Crippen molar-refractivity contribution in [3.8, 4) is 17.2 Å². The van der Waals surface area contributed by atoms with Crippen molar-refractivity contribution in [1.29, 1.82) is 0 Å². The Balaban J connectivity index is 1.55. The van der Waals surface area contributed by atoms with Gasteiger partial charge in [-0.3, -0.25) is 0 Å². The number of hydrogen-bond acceptors (Lipinski definition) is 6. The fourth-order valence-electron chi connectivity index (χ4n) is 3.65. The standard InChI is InChI=1S/C29H30BrCl2NO7/c1-2-37-27(28(34)35)16-20-4-8-24(9-5-20)39-15-13-33(29(36)40-25-10-6-21(30)7-11-25)12-3-14-38-26-18-22(31)17-23(32)19-26/h4-11,17-19,27H,2-3,12-16H2,1H3,(H,34,35). The van der Waals surface area contributed by atoms with Crippen molar-refractivity contribution in [3.63, 3.8) is 0 Å². The summed E-state index contributed by atoms with van der Waals surface area (Å²) in [4.78, 5) is 25.8. The predicted molar refractivity (Wildman–Crippen MR) is 157 cm³/mol. The molecule has 0 saturated heterocycles. The molecule has 8 nitrogen and oxygen atoms in total. The van der Waals surface area contributed by atoms with Crippen molar-refractivity contribution in [2.24, 2.45) is 0 Å². The number of hydrogen-bond donors (Lipinski definition) is 1. The van der Waals surface area contributed by atoms with Crippen LogP contribution in [0.15, 0.2) is 71.2 Å². The molecule has 11 heteroatoms. The van der Waals surface area contributed by atoms with Crippen LogP contribution in [0.2, 0.25) is 10.0 Å². The molecule has 3 aromatic carbocycles. The van der Waals surface area contributed by atoms with Crippen molar-refractivity contribution in [3.05, 3.63) is 86.8 Å². The normalized spacial score (nSPS) is 11.5. The van der Waals surface area contributed by atoms with Gasteiger partial charge in [-0.15, -0.1) is 0 Å². The second kappa shape index (κ2) is 16.3. The fraction of sp³-hybridized carbons (Fsp3) is 0.310. The Morgan fingerprint density at radius 1 is 0.875 bits per heavy atom. The average molecular weight is 655 g/mol. The van der Waals surface area contributed by atoms with Gasteiger partial charge in [-0.25, -0.2) is 9.59 Å². The van der Waals surface area contributed by atoms with E-state index in [0.29, 0.717) is 53.5 Å². The number of carbonyl (C=O) groups is 2. The van der Waals surface area contributed by atoms with Crippen LogP contribution in [0, 0.1) is 0 Å². The van der Waals surface area contributed by atoms with Crippen LogP contribution >= 0.6 is 39.1 Å². The highest BCUT2D eigenvalue weighted by Gasteiger charge is 2.18. The summed E-state index contributed by atoms with van der Waals surface area (Å²) >= 11 is 15.4. The minimum absolute atomic E-state index is 0.218. The second-order valence-corrected chi connectivity index (χ2v) is 10.4. The largest absolute Gasteiger partial charge is 0.493 e. The van der Waals surface area contributed by atoms with Crippen LogP contribution in [0.1, 0.15) is 18.9 Å². The first-order valence-electron chi connectivity index (χ1n) is 12.6. The number of carboxylic acids is 1. The zero-order valence-corrected chi connectivity index (χ0v) is 25.0. The van der Waals surface area contributed by atoms with E-state index in [0.717, 1.165) is 10.0 Å². The number of halogens is 3. The van der Waals surface area contributed by atoms with Gasteiger partial charge in [-0.05, 0) is 73.5 Å². The van der Waals surface area contributed by atoms with E-state index in [9.17, 15) is 14.7 Å². The van der Waals surface area contributed by atoms with E-state index >= 15 is 0 Å². The van der Waals surface area contributed by atoms with Gasteiger partial charge in [0.1, 0.15) is 23.9 Å². The summed E-state index contributed by atoms with van der Waals surface area (Å²) in [5, 5.41) is 10.2. The highest BCUT2D eigenvalue weighted by Crippen LogP contribution is 2.24. The third kappa shape index (κ3) is 10.9. The Hall–Kier alpha value is -2.98. The first-order chi connectivity index (χ1) is 19.2. The first-order valence-corrected chi connectivity index (χ1v) is 14.2. The number of rotatable bonds is 15. The number of aliphatic carboxylic acids is 1. The van der Waals surface area contributed by atoms with Crippen LogP contribution in [0.5, 0.6) is 17.2 Å². The van der Waals surface area contributed by atoms with Gasteiger partial charge >= 0.3 is 12.1 Å². The number of ether oxygens (including phenoxy) is 4. The van der Waals surface area contributed by atoms with Crippen LogP contribution in [0.25, 0.3) is 0 Å². The number of amides is 1. The lowest BCUT2D eigenvalue weighted by Gasteiger charge is -2.22. The molecule has 0 aliphatic carbocycles. The maximum absolute atomic E-state index is 12.9. The summed E-state index contributed by atoms with van der Waals surface area (Å²) in [6.45, 7) is 3.26. The molecule has 40 heavy (non-hydrogen) atoms. The Bertz CT molecular complexity index is 1220. The van der Waals surface area contributed by atoms with Gasteiger partial charge in [0.15, 0.2) is 6.10 Å². The summed E-state index contributed by atoms with van der Waals surface area (Å²) in [5.74, 6) is 0.559. The third-order valence-electron chi connectivity index (χ3n) is 5.57. The zero-order chi connectivity index (χ0) is 28.9. The molecule has 1 atom stereocenters. The van der Waals surface area contributed by atoms with Gasteiger partial charge in [0.05, 0.1) is 13.2 Å². The van der Waals surface area contributed by atoms with E-state index in [1.807, 2.05) is 0 Å². The van der Waals surface area contributed by atoms with E-state index in [-0.39, 0.29) is 19.6 Å². The molecule has 3 rings (SSSR count). The molecule has 0 radical (unpaired) electrons. The molecule has 0 bridgehead atoms. The number of nitrogens with zero attached hydrogens (tertiary/aromatic N) is 1. The van der Waals surface area contributed by atoms with Gasteiger partial charge in [0, 0.05) is 34.1 Å². The molecule has 214 valence electrons. The molecule has 0 aliphatic rings. The lowest BCUT2D eigenvalue weighted by atomic mass is 10.1. The molecule has 0 saturated carbocycles. The van der Waals surface area contributed by atoms with Crippen molar-refractivity contribution >= 4 is 51.2 Å². The van der Waals surface area contributed by atoms with Crippen molar-refractivity contribution < 1.29 is 33.6 Å². The van der Waals surface area contributed by atoms with Gasteiger partial charge in [0.2, 0.25) is 0 Å². The summed E-state index contributed by atoms with van der Waals surface area (Å²) in [5.41, 5.74) is 0.814. The van der Waals surface area contributed by atoms with Gasteiger partial charge < -0.3 is 29.0 Å². The zero-order valence-electron chi connectivity index (χ0n) is 21.9. The topological polar surface area (TPSA) is 94.5 Å². The molecule has 0 aliphatic heterocycles. The lowest BCUT2D eigenvalue weighted by Crippen LogP contribution is -2.38. The highest BCUT2D eigenvalue weighted by molar-refractivity contribution is 9.10. The molecule has 1 unspecified atom stereocenters. The Labute approximate surface area is 251 Å². The van der Waals surface area contributed by atoms with Gasteiger partial charge in [0.25, 0.3) is 0 Å². The summed E-state index contributed by atoms with van der Waals surface area (Å²) in [7, 11) is 0. The van der Waals surface area contributed by atoms with Crippen molar-refractivity contribution in [2.45, 2.75) is 25.9 Å². The third-order valence-corrected chi connectivity index (χ3v) is 6.54. The maximum atomic E-state index is 12.9. The van der Waals surface area contributed by atoms with Gasteiger partial charge in [-0.2, -0.15) is 0 Å². The molecular formula is C29H30BrCl2NO7. The molecule has 1 N–H and O–H groups in total. The first kappa shape index (κ1) is 31.5. The van der Waals surface area contributed by atoms with E-state index in [4.69, 9.17) is 42.1 Å². The minimum Gasteiger partial charge on any atom is -0.493 e. The van der Waals surface area contributed by atoms with E-state index < -0.39 is 18.2 Å². The monoisotopic (exact) mass is 653 g/mol. The second-order valence-electron chi connectivity index (χ2n) is 8.59. The molecule has 0 spiro atoms. The average Bonchev–Trinajstić information content (AvgIpc) is 2.91. The van der Waals surface area contributed by atoms with Crippen molar-refractivity contribution in [1.82, 2.24) is 4.90 Å². The van der Waals surface area contributed by atoms with Crippen LogP contribution in [0.4, 0.5) is 4.79 Å². The minimum atomic E-state index is -1.00. The molecule has 0 aromatic heterocycles. The number of benzene rings is 3. The van der Waals surface area contributed by atoms with Gasteiger partial charge in [-0.1, -0.05) is 51.3 Å². The Kier molecular flexibility index (Phi) is 12.9. The number of carboxylic acid groups (broad SMARTS) is 1. The molecule has 3 aromatic rings. The van der Waals surface area contributed by atoms with Crippen LogP contribution in [-0.4, -0.2) is 61.1 Å². The summed E-state index contributed by atoms with van der Waals surface area (Å²) in [6, 6.07) is 19.0. The van der Waals surface area contributed by atoms with E-state index in [1.165, 1.54) is 0 Å². The van der Waals surface area contributed by atoms with E-state index in [1.54, 1.807) is 78.6 Å². The quantitative estimate of drug-likeness (QED) is 0.174. The SMILES string of the molecule is CCOC(Cc1ccc(OCCN(CCCOc2cc(Cl)cc(Cl)c2)C(=O)Oc2ccc(Br)cc2)cc1)C(=O)O. The Morgan fingerprint density at radius 3 is 2.12 bits per heavy atom. The molecular weight excluding hydrogens is 625 g/mol.